The monoisotopic (exact) mass is 320 g/mol. The highest BCUT2D eigenvalue weighted by atomic mass is 35.5. The van der Waals surface area contributed by atoms with Crippen LogP contribution in [0.2, 0.25) is 5.02 Å². The molecule has 0 aliphatic rings. The molecule has 0 aliphatic carbocycles. The van der Waals surface area contributed by atoms with E-state index in [4.69, 9.17) is 22.4 Å². The Balaban J connectivity index is 2.92. The molecule has 7 heteroatoms. The average Bonchev–Trinajstić information content (AvgIpc) is 2.38. The van der Waals surface area contributed by atoms with Crippen molar-refractivity contribution in [3.8, 4) is 0 Å². The second-order valence-electron chi connectivity index (χ2n) is 4.78. The standard InChI is InChI=1S/C13H21ClN2O3S/c1-3-10(4-5-17)8-16-20(18,19)13-7-12(15)9(2)6-11(13)14/h6-7,10,16-17H,3-5,8,15H2,1-2H3. The van der Waals surface area contributed by atoms with Crippen molar-refractivity contribution in [3.05, 3.63) is 22.7 Å². The Morgan fingerprint density at radius 3 is 2.65 bits per heavy atom. The number of halogens is 1. The van der Waals surface area contributed by atoms with E-state index in [1.807, 2.05) is 6.92 Å². The van der Waals surface area contributed by atoms with Gasteiger partial charge in [-0.05, 0) is 37.0 Å². The lowest BCUT2D eigenvalue weighted by molar-refractivity contribution is 0.254. The Morgan fingerprint density at radius 2 is 2.10 bits per heavy atom. The summed E-state index contributed by atoms with van der Waals surface area (Å²) in [5.41, 5.74) is 6.86. The van der Waals surface area contributed by atoms with E-state index in [-0.39, 0.29) is 29.0 Å². The molecule has 1 aromatic rings. The molecular formula is C13H21ClN2O3S. The van der Waals surface area contributed by atoms with E-state index in [0.717, 1.165) is 12.0 Å². The van der Waals surface area contributed by atoms with Gasteiger partial charge in [0, 0.05) is 18.8 Å². The van der Waals surface area contributed by atoms with Crippen LogP contribution in [0.4, 0.5) is 5.69 Å². The van der Waals surface area contributed by atoms with Crippen LogP contribution in [0, 0.1) is 12.8 Å². The number of aliphatic hydroxyl groups excluding tert-OH is 1. The smallest absolute Gasteiger partial charge is 0.242 e. The van der Waals surface area contributed by atoms with Crippen LogP contribution in [-0.4, -0.2) is 26.7 Å². The number of nitrogens with one attached hydrogen (secondary N) is 1. The molecule has 0 aliphatic heterocycles. The van der Waals surface area contributed by atoms with Crippen LogP contribution in [0.15, 0.2) is 17.0 Å². The van der Waals surface area contributed by atoms with E-state index in [1.54, 1.807) is 6.92 Å². The van der Waals surface area contributed by atoms with Gasteiger partial charge in [-0.1, -0.05) is 24.9 Å². The van der Waals surface area contributed by atoms with Crippen molar-refractivity contribution >= 4 is 27.3 Å². The topological polar surface area (TPSA) is 92.4 Å². The largest absolute Gasteiger partial charge is 0.398 e. The minimum Gasteiger partial charge on any atom is -0.398 e. The van der Waals surface area contributed by atoms with E-state index in [9.17, 15) is 8.42 Å². The lowest BCUT2D eigenvalue weighted by atomic mass is 10.0. The maximum absolute atomic E-state index is 12.2. The van der Waals surface area contributed by atoms with E-state index < -0.39 is 10.0 Å². The molecule has 1 rings (SSSR count). The van der Waals surface area contributed by atoms with Crippen molar-refractivity contribution in [3.63, 3.8) is 0 Å². The maximum Gasteiger partial charge on any atom is 0.242 e. The first-order valence-electron chi connectivity index (χ1n) is 6.48. The third-order valence-corrected chi connectivity index (χ3v) is 5.18. The van der Waals surface area contributed by atoms with Crippen LogP contribution in [0.5, 0.6) is 0 Å². The Morgan fingerprint density at radius 1 is 1.45 bits per heavy atom. The van der Waals surface area contributed by atoms with E-state index in [0.29, 0.717) is 12.1 Å². The van der Waals surface area contributed by atoms with E-state index in [1.165, 1.54) is 12.1 Å². The Labute approximate surface area is 125 Å². The van der Waals surface area contributed by atoms with Crippen LogP contribution in [0.1, 0.15) is 25.3 Å². The highest BCUT2D eigenvalue weighted by Crippen LogP contribution is 2.26. The highest BCUT2D eigenvalue weighted by molar-refractivity contribution is 7.89. The molecule has 0 radical (unpaired) electrons. The average molecular weight is 321 g/mol. The zero-order valence-electron chi connectivity index (χ0n) is 11.7. The van der Waals surface area contributed by atoms with Crippen LogP contribution in [0.25, 0.3) is 0 Å². The van der Waals surface area contributed by atoms with Crippen molar-refractivity contribution in [2.75, 3.05) is 18.9 Å². The number of benzene rings is 1. The molecular weight excluding hydrogens is 300 g/mol. The second-order valence-corrected chi connectivity index (χ2v) is 6.92. The predicted molar refractivity (Wildman–Crippen MR) is 81.3 cm³/mol. The molecule has 0 fully saturated rings. The first-order chi connectivity index (χ1) is 9.31. The van der Waals surface area contributed by atoms with Crippen molar-refractivity contribution in [1.29, 1.82) is 0 Å². The maximum atomic E-state index is 12.2. The molecule has 5 nitrogen and oxygen atoms in total. The van der Waals surface area contributed by atoms with Gasteiger partial charge in [0.2, 0.25) is 10.0 Å². The SMILES string of the molecule is CCC(CCO)CNS(=O)(=O)c1cc(N)c(C)cc1Cl. The van der Waals surface area contributed by atoms with Gasteiger partial charge in [-0.2, -0.15) is 0 Å². The quantitative estimate of drug-likeness (QED) is 0.669. The summed E-state index contributed by atoms with van der Waals surface area (Å²) < 4.78 is 27.0. The molecule has 0 bridgehead atoms. The first-order valence-corrected chi connectivity index (χ1v) is 8.34. The number of rotatable bonds is 7. The van der Waals surface area contributed by atoms with Gasteiger partial charge in [0.1, 0.15) is 4.90 Å². The van der Waals surface area contributed by atoms with Gasteiger partial charge in [0.15, 0.2) is 0 Å². The molecule has 0 spiro atoms. The van der Waals surface area contributed by atoms with E-state index in [2.05, 4.69) is 4.72 Å². The normalized spacial score (nSPS) is 13.4. The number of nitrogen functional groups attached to an aromatic ring is 1. The summed E-state index contributed by atoms with van der Waals surface area (Å²) in [7, 11) is -3.70. The number of aryl methyl sites for hydroxylation is 1. The predicted octanol–water partition coefficient (Wildman–Crippen LogP) is 1.92. The first kappa shape index (κ1) is 17.2. The minimum atomic E-state index is -3.70. The zero-order valence-corrected chi connectivity index (χ0v) is 13.3. The third kappa shape index (κ3) is 4.34. The molecule has 0 aromatic heterocycles. The minimum absolute atomic E-state index is 0.0129. The lowest BCUT2D eigenvalue weighted by Gasteiger charge is -2.15. The van der Waals surface area contributed by atoms with Gasteiger partial charge in [0.25, 0.3) is 0 Å². The van der Waals surface area contributed by atoms with Crippen LogP contribution < -0.4 is 10.5 Å². The molecule has 114 valence electrons. The van der Waals surface area contributed by atoms with Crippen LogP contribution in [-0.2, 0) is 10.0 Å². The molecule has 20 heavy (non-hydrogen) atoms. The highest BCUT2D eigenvalue weighted by Gasteiger charge is 2.20. The number of aliphatic hydroxyl groups is 1. The molecule has 0 saturated heterocycles. The number of anilines is 1. The Kier molecular flexibility index (Phi) is 6.26. The molecule has 4 N–H and O–H groups in total. The summed E-state index contributed by atoms with van der Waals surface area (Å²) in [4.78, 5) is -0.0129. The molecule has 1 aromatic carbocycles. The van der Waals surface area contributed by atoms with Gasteiger partial charge in [0.05, 0.1) is 5.02 Å². The lowest BCUT2D eigenvalue weighted by Crippen LogP contribution is -2.30. The molecule has 1 atom stereocenters. The summed E-state index contributed by atoms with van der Waals surface area (Å²) >= 11 is 5.98. The summed E-state index contributed by atoms with van der Waals surface area (Å²) in [6.45, 7) is 4.02. The van der Waals surface area contributed by atoms with Gasteiger partial charge in [-0.3, -0.25) is 0 Å². The van der Waals surface area contributed by atoms with Gasteiger partial charge >= 0.3 is 0 Å². The summed E-state index contributed by atoms with van der Waals surface area (Å²) in [5.74, 6) is 0.0938. The number of nitrogens with two attached hydrogens (primary N) is 1. The third-order valence-electron chi connectivity index (χ3n) is 3.29. The summed E-state index contributed by atoms with van der Waals surface area (Å²) in [5, 5.41) is 9.06. The van der Waals surface area contributed by atoms with E-state index >= 15 is 0 Å². The molecule has 0 amide bonds. The van der Waals surface area contributed by atoms with Crippen LogP contribution >= 0.6 is 11.6 Å². The number of hydrogen-bond acceptors (Lipinski definition) is 4. The van der Waals surface area contributed by atoms with Crippen molar-refractivity contribution in [1.82, 2.24) is 4.72 Å². The van der Waals surface area contributed by atoms with Gasteiger partial charge < -0.3 is 10.8 Å². The number of sulfonamides is 1. The summed E-state index contributed by atoms with van der Waals surface area (Å²) in [6.07, 6.45) is 1.34. The van der Waals surface area contributed by atoms with Gasteiger partial charge in [-0.15, -0.1) is 0 Å². The fourth-order valence-corrected chi connectivity index (χ4v) is 3.54. The summed E-state index contributed by atoms with van der Waals surface area (Å²) in [6, 6.07) is 2.91. The molecule has 0 saturated carbocycles. The van der Waals surface area contributed by atoms with Gasteiger partial charge in [-0.25, -0.2) is 13.1 Å². The molecule has 1 unspecified atom stereocenters. The number of hydrogen-bond donors (Lipinski definition) is 3. The Bertz CT molecular complexity index is 561. The zero-order chi connectivity index (χ0) is 15.3. The molecule has 0 heterocycles. The van der Waals surface area contributed by atoms with Crippen molar-refractivity contribution in [2.24, 2.45) is 5.92 Å². The van der Waals surface area contributed by atoms with Crippen molar-refractivity contribution in [2.45, 2.75) is 31.6 Å². The second kappa shape index (κ2) is 7.26. The fourth-order valence-electron chi connectivity index (χ4n) is 1.81. The van der Waals surface area contributed by atoms with Crippen LogP contribution in [0.3, 0.4) is 0 Å². The van der Waals surface area contributed by atoms with Crippen molar-refractivity contribution < 1.29 is 13.5 Å². The Hall–Kier alpha value is -0.820. The fraction of sp³-hybridized carbons (Fsp3) is 0.538.